The molecule has 2 rings (SSSR count). The topological polar surface area (TPSA) is 32.9 Å². The first-order valence-electron chi connectivity index (χ1n) is 3.92. The van der Waals surface area contributed by atoms with Gasteiger partial charge in [-0.3, -0.25) is 6.29 Å². The van der Waals surface area contributed by atoms with Crippen LogP contribution in [0.4, 0.5) is 0 Å². The van der Waals surface area contributed by atoms with Crippen molar-refractivity contribution in [2.24, 2.45) is 0 Å². The number of aromatic amines is 1. The van der Waals surface area contributed by atoms with Crippen LogP contribution in [0.1, 0.15) is 5.56 Å². The molecule has 0 amide bonds. The number of rotatable bonds is 2. The Morgan fingerprint density at radius 3 is 2.93 bits per heavy atom. The van der Waals surface area contributed by atoms with Gasteiger partial charge in [-0.05, 0) is 17.7 Å². The van der Waals surface area contributed by atoms with E-state index in [1.165, 1.54) is 0 Å². The van der Waals surface area contributed by atoms with Crippen molar-refractivity contribution in [1.29, 1.82) is 0 Å². The SMILES string of the molecule is O=[C-]Cc1c[nH]c2cccc(Cl)c12.[Y]. The second-order valence-electron chi connectivity index (χ2n) is 2.80. The van der Waals surface area contributed by atoms with Crippen molar-refractivity contribution >= 4 is 28.8 Å². The molecule has 2 nitrogen and oxygen atoms in total. The number of nitrogens with one attached hydrogen (secondary N) is 1. The summed E-state index contributed by atoms with van der Waals surface area (Å²) in [6.07, 6.45) is 3.94. The zero-order valence-corrected chi connectivity index (χ0v) is 11.0. The van der Waals surface area contributed by atoms with Gasteiger partial charge in [-0.2, -0.15) is 0 Å². The molecule has 0 unspecified atom stereocenters. The summed E-state index contributed by atoms with van der Waals surface area (Å²) in [5.74, 6) is 0. The molecule has 1 aromatic heterocycles. The minimum atomic E-state index is 0. The Balaban J connectivity index is 0.000000980. The third-order valence-electron chi connectivity index (χ3n) is 2.00. The zero-order valence-electron chi connectivity index (χ0n) is 7.38. The molecule has 69 valence electrons. The van der Waals surface area contributed by atoms with Crippen molar-refractivity contribution in [3.63, 3.8) is 0 Å². The summed E-state index contributed by atoms with van der Waals surface area (Å²) < 4.78 is 0. The first-order chi connectivity index (χ1) is 6.33. The molecule has 0 fully saturated rings. The second kappa shape index (κ2) is 5.06. The summed E-state index contributed by atoms with van der Waals surface area (Å²) in [5, 5.41) is 1.59. The third-order valence-corrected chi connectivity index (χ3v) is 2.31. The molecule has 1 heterocycles. The fourth-order valence-electron chi connectivity index (χ4n) is 1.42. The predicted molar refractivity (Wildman–Crippen MR) is 52.7 cm³/mol. The van der Waals surface area contributed by atoms with Gasteiger partial charge in [0.05, 0.1) is 5.02 Å². The maximum atomic E-state index is 10.2. The van der Waals surface area contributed by atoms with Gasteiger partial charge in [0.1, 0.15) is 0 Å². The fraction of sp³-hybridized carbons (Fsp3) is 0.100. The van der Waals surface area contributed by atoms with E-state index in [0.29, 0.717) is 5.02 Å². The molecular formula is C10H7ClNOY-. The van der Waals surface area contributed by atoms with Crippen molar-refractivity contribution in [3.8, 4) is 0 Å². The molecule has 0 aliphatic rings. The van der Waals surface area contributed by atoms with Crippen molar-refractivity contribution < 1.29 is 37.5 Å². The van der Waals surface area contributed by atoms with E-state index < -0.39 is 0 Å². The average molecular weight is 282 g/mol. The standard InChI is InChI=1S/C10H7ClNO.Y/c11-8-2-1-3-9-10(8)7(4-5-13)6-12-9;/h1-3,6,12H,4H2;/q-1;. The van der Waals surface area contributed by atoms with Crippen LogP contribution in [0.3, 0.4) is 0 Å². The minimum absolute atomic E-state index is 0. The van der Waals surface area contributed by atoms with Crippen LogP contribution in [0.15, 0.2) is 24.4 Å². The van der Waals surface area contributed by atoms with Crippen molar-refractivity contribution in [3.05, 3.63) is 35.0 Å². The number of aromatic nitrogens is 1. The van der Waals surface area contributed by atoms with Crippen LogP contribution >= 0.6 is 11.6 Å². The number of fused-ring (bicyclic) bond motifs is 1. The quantitative estimate of drug-likeness (QED) is 0.843. The minimum Gasteiger partial charge on any atom is -0.541 e. The summed E-state index contributed by atoms with van der Waals surface area (Å²) in [7, 11) is 0. The summed E-state index contributed by atoms with van der Waals surface area (Å²) >= 11 is 5.99. The van der Waals surface area contributed by atoms with Crippen LogP contribution in [0, 0.1) is 0 Å². The van der Waals surface area contributed by atoms with Gasteiger partial charge >= 0.3 is 0 Å². The van der Waals surface area contributed by atoms with Gasteiger partial charge in [-0.1, -0.05) is 17.7 Å². The van der Waals surface area contributed by atoms with E-state index in [9.17, 15) is 4.79 Å². The van der Waals surface area contributed by atoms with E-state index in [1.807, 2.05) is 24.5 Å². The van der Waals surface area contributed by atoms with Gasteiger partial charge in [0, 0.05) is 49.8 Å². The molecule has 0 bridgehead atoms. The number of halogens is 1. The Morgan fingerprint density at radius 1 is 1.43 bits per heavy atom. The first-order valence-corrected chi connectivity index (χ1v) is 4.30. The van der Waals surface area contributed by atoms with Crippen LogP contribution in [-0.2, 0) is 43.9 Å². The zero-order chi connectivity index (χ0) is 9.26. The number of carbonyl (C=O) groups excluding carboxylic acids is 1. The normalized spacial score (nSPS) is 9.79. The largest absolute Gasteiger partial charge is 0.541 e. The predicted octanol–water partition coefficient (Wildman–Crippen LogP) is 2.47. The molecule has 2 aromatic rings. The molecule has 0 aliphatic carbocycles. The molecule has 0 atom stereocenters. The van der Waals surface area contributed by atoms with Crippen LogP contribution < -0.4 is 0 Å². The molecule has 14 heavy (non-hydrogen) atoms. The molecule has 0 aliphatic heterocycles. The smallest absolute Gasteiger partial charge is 0.0501 e. The van der Waals surface area contributed by atoms with Crippen LogP contribution in [-0.4, -0.2) is 11.3 Å². The Morgan fingerprint density at radius 2 is 2.21 bits per heavy atom. The maximum Gasteiger partial charge on any atom is 0.0501 e. The van der Waals surface area contributed by atoms with Gasteiger partial charge in [0.2, 0.25) is 0 Å². The summed E-state index contributed by atoms with van der Waals surface area (Å²) in [4.78, 5) is 13.3. The molecular weight excluding hydrogens is 274 g/mol. The molecule has 0 saturated carbocycles. The summed E-state index contributed by atoms with van der Waals surface area (Å²) in [6.45, 7) is 0. The average Bonchev–Trinajstić information content (AvgIpc) is 2.51. The van der Waals surface area contributed by atoms with E-state index in [4.69, 9.17) is 11.6 Å². The maximum absolute atomic E-state index is 10.2. The monoisotopic (exact) mass is 281 g/mol. The molecule has 1 radical (unpaired) electrons. The summed E-state index contributed by atoms with van der Waals surface area (Å²) in [6, 6.07) is 5.61. The van der Waals surface area contributed by atoms with Crippen LogP contribution in [0.5, 0.6) is 0 Å². The first kappa shape index (κ1) is 11.9. The van der Waals surface area contributed by atoms with Crippen molar-refractivity contribution in [2.75, 3.05) is 0 Å². The Labute approximate surface area is 112 Å². The van der Waals surface area contributed by atoms with Gasteiger partial charge in [-0.15, -0.1) is 6.42 Å². The third kappa shape index (κ3) is 2.08. The number of H-pyrrole nitrogens is 1. The van der Waals surface area contributed by atoms with Crippen molar-refractivity contribution in [1.82, 2.24) is 4.98 Å². The molecule has 0 spiro atoms. The Kier molecular flexibility index (Phi) is 4.30. The van der Waals surface area contributed by atoms with Crippen molar-refractivity contribution in [2.45, 2.75) is 6.42 Å². The molecule has 0 saturated heterocycles. The molecule has 4 heteroatoms. The Bertz CT molecular complexity index is 452. The summed E-state index contributed by atoms with van der Waals surface area (Å²) in [5.41, 5.74) is 1.85. The van der Waals surface area contributed by atoms with E-state index in [-0.39, 0.29) is 39.1 Å². The van der Waals surface area contributed by atoms with E-state index in [1.54, 1.807) is 6.20 Å². The second-order valence-corrected chi connectivity index (χ2v) is 3.20. The van der Waals surface area contributed by atoms with Crippen LogP contribution in [0.2, 0.25) is 5.02 Å². The fourth-order valence-corrected chi connectivity index (χ4v) is 1.72. The molecule has 1 aromatic carbocycles. The van der Waals surface area contributed by atoms with Gasteiger partial charge in [-0.25, -0.2) is 0 Å². The number of hydrogen-bond acceptors (Lipinski definition) is 1. The van der Waals surface area contributed by atoms with E-state index in [0.717, 1.165) is 16.5 Å². The van der Waals surface area contributed by atoms with Gasteiger partial charge < -0.3 is 9.78 Å². The Hall–Kier alpha value is -0.176. The van der Waals surface area contributed by atoms with E-state index >= 15 is 0 Å². The van der Waals surface area contributed by atoms with E-state index in [2.05, 4.69) is 4.98 Å². The van der Waals surface area contributed by atoms with Gasteiger partial charge in [0.25, 0.3) is 0 Å². The number of benzene rings is 1. The molecule has 1 N–H and O–H groups in total. The van der Waals surface area contributed by atoms with Crippen LogP contribution in [0.25, 0.3) is 10.9 Å². The number of hydrogen-bond donors (Lipinski definition) is 1. The van der Waals surface area contributed by atoms with Gasteiger partial charge in [0.15, 0.2) is 0 Å².